The van der Waals surface area contributed by atoms with Crippen molar-refractivity contribution in [2.24, 2.45) is 0 Å². The zero-order valence-electron chi connectivity index (χ0n) is 10.2. The van der Waals surface area contributed by atoms with Gasteiger partial charge in [0.1, 0.15) is 12.4 Å². The van der Waals surface area contributed by atoms with Crippen LogP contribution >= 0.6 is 11.6 Å². The van der Waals surface area contributed by atoms with Crippen LogP contribution in [-0.4, -0.2) is 24.0 Å². The van der Waals surface area contributed by atoms with Gasteiger partial charge in [-0.3, -0.25) is 9.78 Å². The van der Waals surface area contributed by atoms with Crippen LogP contribution in [0.25, 0.3) is 0 Å². The zero-order chi connectivity index (χ0) is 13.5. The van der Waals surface area contributed by atoms with E-state index in [9.17, 15) is 4.79 Å². The summed E-state index contributed by atoms with van der Waals surface area (Å²) in [6.45, 7) is 0.759. The molecule has 0 aliphatic carbocycles. The summed E-state index contributed by atoms with van der Waals surface area (Å²) in [6.07, 6.45) is 3.14. The summed E-state index contributed by atoms with van der Waals surface area (Å²) in [7, 11) is 0. The van der Waals surface area contributed by atoms with Gasteiger partial charge >= 0.3 is 0 Å². The summed E-state index contributed by atoms with van der Waals surface area (Å²) >= 11 is 5.94. The van der Waals surface area contributed by atoms with Crippen molar-refractivity contribution in [2.45, 2.75) is 0 Å². The number of benzene rings is 1. The number of hydrogen-bond donors (Lipinski definition) is 1. The van der Waals surface area contributed by atoms with Gasteiger partial charge in [0.15, 0.2) is 0 Å². The molecule has 0 aliphatic rings. The Labute approximate surface area is 116 Å². The highest BCUT2D eigenvalue weighted by atomic mass is 35.5. The lowest BCUT2D eigenvalue weighted by Crippen LogP contribution is -2.28. The third-order valence-electron chi connectivity index (χ3n) is 2.41. The van der Waals surface area contributed by atoms with Crippen LogP contribution in [0, 0.1) is 0 Å². The van der Waals surface area contributed by atoms with Crippen LogP contribution in [0.5, 0.6) is 5.75 Å². The summed E-state index contributed by atoms with van der Waals surface area (Å²) in [5.41, 5.74) is 0.528. The van der Waals surface area contributed by atoms with Crippen molar-refractivity contribution in [3.05, 3.63) is 59.4 Å². The molecular weight excluding hydrogens is 264 g/mol. The second kappa shape index (κ2) is 6.75. The van der Waals surface area contributed by atoms with Gasteiger partial charge in [-0.25, -0.2) is 0 Å². The number of carbonyl (C=O) groups is 1. The van der Waals surface area contributed by atoms with Crippen molar-refractivity contribution in [1.82, 2.24) is 10.3 Å². The van der Waals surface area contributed by atoms with Gasteiger partial charge in [-0.15, -0.1) is 0 Å². The fraction of sp³-hybridized carbons (Fsp3) is 0.143. The van der Waals surface area contributed by atoms with Gasteiger partial charge in [0, 0.05) is 12.4 Å². The Morgan fingerprint density at radius 1 is 1.26 bits per heavy atom. The molecule has 1 heterocycles. The zero-order valence-corrected chi connectivity index (χ0v) is 10.9. The number of carbonyl (C=O) groups excluding carboxylic acids is 1. The number of halogens is 1. The number of nitrogens with zero attached hydrogens (tertiary/aromatic N) is 1. The average Bonchev–Trinajstić information content (AvgIpc) is 2.46. The van der Waals surface area contributed by atoms with Crippen LogP contribution in [0.2, 0.25) is 5.02 Å². The second-order valence-corrected chi connectivity index (χ2v) is 4.18. The number of para-hydroxylation sites is 1. The molecule has 0 aliphatic heterocycles. The molecule has 5 heteroatoms. The van der Waals surface area contributed by atoms with Crippen LogP contribution in [0.15, 0.2) is 48.8 Å². The maximum atomic E-state index is 11.7. The highest BCUT2D eigenvalue weighted by Crippen LogP contribution is 2.22. The number of nitrogens with one attached hydrogen (secondary N) is 1. The molecule has 2 aromatic rings. The fourth-order valence-corrected chi connectivity index (χ4v) is 1.68. The lowest BCUT2D eigenvalue weighted by molar-refractivity contribution is 0.0946. The molecule has 1 aromatic heterocycles. The number of aromatic nitrogens is 1. The third-order valence-corrected chi connectivity index (χ3v) is 2.72. The Kier molecular flexibility index (Phi) is 4.75. The maximum absolute atomic E-state index is 11.7. The minimum Gasteiger partial charge on any atom is -0.490 e. The lowest BCUT2D eigenvalue weighted by Gasteiger charge is -2.08. The molecule has 0 saturated carbocycles. The molecule has 1 aromatic carbocycles. The van der Waals surface area contributed by atoms with Crippen LogP contribution in [-0.2, 0) is 0 Å². The van der Waals surface area contributed by atoms with E-state index >= 15 is 0 Å². The molecule has 0 radical (unpaired) electrons. The van der Waals surface area contributed by atoms with E-state index in [2.05, 4.69) is 10.3 Å². The maximum Gasteiger partial charge on any atom is 0.252 e. The van der Waals surface area contributed by atoms with Gasteiger partial charge in [-0.1, -0.05) is 23.7 Å². The van der Waals surface area contributed by atoms with E-state index in [0.717, 1.165) is 0 Å². The highest BCUT2D eigenvalue weighted by Gasteiger charge is 2.04. The van der Waals surface area contributed by atoms with Gasteiger partial charge < -0.3 is 10.1 Å². The standard InChI is InChI=1S/C14H13ClN2O2/c15-12-5-1-2-6-13(12)19-9-8-17-14(18)11-4-3-7-16-10-11/h1-7,10H,8-9H2,(H,17,18). The topological polar surface area (TPSA) is 51.2 Å². The minimum absolute atomic E-state index is 0.171. The smallest absolute Gasteiger partial charge is 0.252 e. The van der Waals surface area contributed by atoms with Gasteiger partial charge in [0.2, 0.25) is 0 Å². The number of rotatable bonds is 5. The molecule has 4 nitrogen and oxygen atoms in total. The van der Waals surface area contributed by atoms with Crippen LogP contribution in [0.4, 0.5) is 0 Å². The van der Waals surface area contributed by atoms with Crippen molar-refractivity contribution in [3.63, 3.8) is 0 Å². The predicted octanol–water partition coefficient (Wildman–Crippen LogP) is 2.54. The van der Waals surface area contributed by atoms with Crippen molar-refractivity contribution in [2.75, 3.05) is 13.2 Å². The molecule has 1 N–H and O–H groups in total. The second-order valence-electron chi connectivity index (χ2n) is 3.78. The van der Waals surface area contributed by atoms with E-state index in [1.165, 1.54) is 6.20 Å². The molecule has 98 valence electrons. The quantitative estimate of drug-likeness (QED) is 0.854. The van der Waals surface area contributed by atoms with Crippen molar-refractivity contribution in [3.8, 4) is 5.75 Å². The monoisotopic (exact) mass is 276 g/mol. The van der Waals surface area contributed by atoms with E-state index in [-0.39, 0.29) is 5.91 Å². The van der Waals surface area contributed by atoms with Crippen LogP contribution in [0.3, 0.4) is 0 Å². The van der Waals surface area contributed by atoms with E-state index in [4.69, 9.17) is 16.3 Å². The largest absolute Gasteiger partial charge is 0.490 e. The fourth-order valence-electron chi connectivity index (χ4n) is 1.49. The summed E-state index contributed by atoms with van der Waals surface area (Å²) in [5, 5.41) is 3.30. The lowest BCUT2D eigenvalue weighted by atomic mass is 10.3. The highest BCUT2D eigenvalue weighted by molar-refractivity contribution is 6.32. The first-order chi connectivity index (χ1) is 9.27. The molecule has 0 bridgehead atoms. The molecular formula is C14H13ClN2O2. The predicted molar refractivity (Wildman–Crippen MR) is 73.5 cm³/mol. The Morgan fingerprint density at radius 3 is 2.84 bits per heavy atom. The molecule has 0 atom stereocenters. The number of hydrogen-bond acceptors (Lipinski definition) is 3. The molecule has 0 spiro atoms. The van der Waals surface area contributed by atoms with Gasteiger partial charge in [-0.05, 0) is 24.3 Å². The molecule has 0 saturated heterocycles. The normalized spacial score (nSPS) is 9.95. The Morgan fingerprint density at radius 2 is 2.11 bits per heavy atom. The molecule has 19 heavy (non-hydrogen) atoms. The first-order valence-electron chi connectivity index (χ1n) is 5.83. The first-order valence-corrected chi connectivity index (χ1v) is 6.21. The number of pyridine rings is 1. The SMILES string of the molecule is O=C(NCCOc1ccccc1Cl)c1cccnc1. The molecule has 1 amide bonds. The summed E-state index contributed by atoms with van der Waals surface area (Å²) in [5.74, 6) is 0.440. The first kappa shape index (κ1) is 13.4. The van der Waals surface area contributed by atoms with Crippen molar-refractivity contribution in [1.29, 1.82) is 0 Å². The summed E-state index contributed by atoms with van der Waals surface area (Å²) in [4.78, 5) is 15.6. The minimum atomic E-state index is -0.171. The van der Waals surface area contributed by atoms with E-state index in [1.54, 1.807) is 30.5 Å². The van der Waals surface area contributed by atoms with Crippen LogP contribution < -0.4 is 10.1 Å². The molecule has 0 fully saturated rings. The number of ether oxygens (including phenoxy) is 1. The molecule has 0 unspecified atom stereocenters. The van der Waals surface area contributed by atoms with E-state index in [0.29, 0.717) is 29.5 Å². The summed E-state index contributed by atoms with van der Waals surface area (Å²) in [6, 6.07) is 10.6. The Bertz CT molecular complexity index is 546. The van der Waals surface area contributed by atoms with E-state index < -0.39 is 0 Å². The van der Waals surface area contributed by atoms with Crippen molar-refractivity contribution >= 4 is 17.5 Å². The Hall–Kier alpha value is -2.07. The number of amides is 1. The summed E-state index contributed by atoms with van der Waals surface area (Å²) < 4.78 is 5.46. The van der Waals surface area contributed by atoms with E-state index in [1.807, 2.05) is 12.1 Å². The molecule has 2 rings (SSSR count). The van der Waals surface area contributed by atoms with Gasteiger partial charge in [-0.2, -0.15) is 0 Å². The third kappa shape index (κ3) is 3.96. The van der Waals surface area contributed by atoms with Gasteiger partial charge in [0.25, 0.3) is 5.91 Å². The van der Waals surface area contributed by atoms with Gasteiger partial charge in [0.05, 0.1) is 17.1 Å². The van der Waals surface area contributed by atoms with Crippen molar-refractivity contribution < 1.29 is 9.53 Å². The Balaban J connectivity index is 1.76. The average molecular weight is 277 g/mol. The van der Waals surface area contributed by atoms with Crippen LogP contribution in [0.1, 0.15) is 10.4 Å².